The molecule has 0 bridgehead atoms. The maximum atomic E-state index is 11.2. The summed E-state index contributed by atoms with van der Waals surface area (Å²) < 4.78 is 36.5. The van der Waals surface area contributed by atoms with Crippen LogP contribution >= 0.6 is 0 Å². The van der Waals surface area contributed by atoms with E-state index in [1.54, 1.807) is 0 Å². The molecule has 0 spiro atoms. The third-order valence-corrected chi connectivity index (χ3v) is 10.1. The fraction of sp³-hybridized carbons (Fsp3) is 0.219. The van der Waals surface area contributed by atoms with Gasteiger partial charge < -0.3 is 0 Å². The molecule has 39 heavy (non-hydrogen) atoms. The van der Waals surface area contributed by atoms with Crippen LogP contribution in [-0.2, 0) is 16.7 Å². The Morgan fingerprint density at radius 1 is 1.00 bits per heavy atom. The number of hydrogen-bond acceptors (Lipinski definition) is 3. The number of allylic oxidation sites excluding steroid dienone is 4. The van der Waals surface area contributed by atoms with E-state index in [1.165, 1.54) is 42.0 Å². The number of unbranched alkanes of at least 4 members (excludes halogenated alkanes) is 1. The summed E-state index contributed by atoms with van der Waals surface area (Å²) in [5.74, 6) is -0.205. The Bertz CT molecular complexity index is 1720. The van der Waals surface area contributed by atoms with Crippen molar-refractivity contribution in [3.63, 3.8) is 0 Å². The van der Waals surface area contributed by atoms with Crippen LogP contribution < -0.4 is 13.9 Å². The van der Waals surface area contributed by atoms with Gasteiger partial charge in [0.1, 0.15) is 0 Å². The Balaban J connectivity index is 1.42. The van der Waals surface area contributed by atoms with Crippen LogP contribution in [0.25, 0.3) is 27.8 Å². The van der Waals surface area contributed by atoms with Crippen molar-refractivity contribution in [1.29, 1.82) is 0 Å². The molecule has 1 N–H and O–H groups in total. The van der Waals surface area contributed by atoms with Crippen LogP contribution in [0, 0.1) is 0 Å². The van der Waals surface area contributed by atoms with Crippen molar-refractivity contribution in [3.8, 4) is 0 Å². The van der Waals surface area contributed by atoms with E-state index in [2.05, 4.69) is 121 Å². The van der Waals surface area contributed by atoms with E-state index in [1.807, 2.05) is 0 Å². The number of para-hydroxylation sites is 1. The fourth-order valence-electron chi connectivity index (χ4n) is 4.98. The second-order valence-electron chi connectivity index (χ2n) is 9.70. The van der Waals surface area contributed by atoms with E-state index in [0.717, 1.165) is 12.1 Å². The van der Waals surface area contributed by atoms with Gasteiger partial charge in [0.05, 0.1) is 0 Å². The van der Waals surface area contributed by atoms with Crippen LogP contribution in [0.2, 0.25) is 0 Å². The van der Waals surface area contributed by atoms with Crippen LogP contribution in [0.4, 0.5) is 5.69 Å². The molecule has 1 aliphatic rings. The third kappa shape index (κ3) is 6.34. The van der Waals surface area contributed by atoms with Crippen LogP contribution in [-0.4, -0.2) is 40.2 Å². The first-order valence-electron chi connectivity index (χ1n) is 13.2. The van der Waals surface area contributed by atoms with Gasteiger partial charge in [0.25, 0.3) is 0 Å². The predicted molar refractivity (Wildman–Crippen MR) is 163 cm³/mol. The second kappa shape index (κ2) is 11.9. The molecule has 0 unspecified atom stereocenters. The number of aromatic nitrogens is 1. The van der Waals surface area contributed by atoms with Gasteiger partial charge in [-0.25, -0.2) is 0 Å². The van der Waals surface area contributed by atoms with Gasteiger partial charge in [0, 0.05) is 0 Å². The topological polar surface area (TPSA) is 61.5 Å². The first-order valence-corrected chi connectivity index (χ1v) is 16.6. The molecule has 2 heterocycles. The Kier molecular flexibility index (Phi) is 8.34. The van der Waals surface area contributed by atoms with E-state index in [0.29, 0.717) is 19.4 Å². The van der Waals surface area contributed by atoms with Crippen molar-refractivity contribution in [2.24, 2.45) is 0 Å². The summed E-state index contributed by atoms with van der Waals surface area (Å²) in [6.07, 6.45) is 12.0. The molecular weight excluding hydrogens is 571 g/mol. The van der Waals surface area contributed by atoms with Gasteiger partial charge in [-0.05, 0) is 0 Å². The van der Waals surface area contributed by atoms with Crippen molar-refractivity contribution < 1.29 is 17.5 Å². The molecule has 200 valence electrons. The summed E-state index contributed by atoms with van der Waals surface area (Å²) in [5, 5.41) is 3.66. The third-order valence-electron chi connectivity index (χ3n) is 6.96. The molecule has 1 aromatic heterocycles. The van der Waals surface area contributed by atoms with Gasteiger partial charge in [-0.1, -0.05) is 0 Å². The molecule has 3 aromatic carbocycles. The fourth-order valence-corrected chi connectivity index (χ4v) is 7.88. The molecule has 0 fully saturated rings. The summed E-state index contributed by atoms with van der Waals surface area (Å²) in [6, 6.07) is 23.5. The summed E-state index contributed by atoms with van der Waals surface area (Å²) in [6.45, 7) is 5.92. The van der Waals surface area contributed by atoms with Gasteiger partial charge in [-0.15, -0.1) is 0 Å². The van der Waals surface area contributed by atoms with Crippen LogP contribution in [0.15, 0.2) is 101 Å². The zero-order valence-electron chi connectivity index (χ0n) is 22.2. The average molecular weight is 605 g/mol. The molecule has 0 saturated carbocycles. The van der Waals surface area contributed by atoms with Crippen molar-refractivity contribution >= 4 is 63.0 Å². The summed E-state index contributed by atoms with van der Waals surface area (Å²) in [7, 11) is -3.94. The molecule has 4 aromatic rings. The quantitative estimate of drug-likeness (QED) is 0.0887. The Morgan fingerprint density at radius 2 is 1.77 bits per heavy atom. The molecule has 7 heteroatoms. The minimum absolute atomic E-state index is 0.145. The number of anilines is 1. The normalized spacial score (nSPS) is 15.2. The average Bonchev–Trinajstić information content (AvgIpc) is 3.30. The zero-order valence-corrected chi connectivity index (χ0v) is 24.8. The molecule has 5 nitrogen and oxygen atoms in total. The number of rotatable bonds is 9. The van der Waals surface area contributed by atoms with Crippen molar-refractivity contribution in [2.75, 3.05) is 17.2 Å². The zero-order chi connectivity index (χ0) is 27.4. The van der Waals surface area contributed by atoms with Crippen molar-refractivity contribution in [3.05, 3.63) is 107 Å². The molecule has 5 rings (SSSR count). The van der Waals surface area contributed by atoms with Crippen LogP contribution in [0.5, 0.6) is 0 Å². The molecule has 0 atom stereocenters. The van der Waals surface area contributed by atoms with Crippen LogP contribution in [0.3, 0.4) is 0 Å². The number of aryl methyl sites for hydroxylation is 1. The molecule has 1 aliphatic heterocycles. The summed E-state index contributed by atoms with van der Waals surface area (Å²) >= 11 is 0.145. The van der Waals surface area contributed by atoms with E-state index in [-0.39, 0.29) is 20.7 Å². The van der Waals surface area contributed by atoms with Crippen molar-refractivity contribution in [2.45, 2.75) is 33.2 Å². The molecule has 0 amide bonds. The predicted octanol–water partition coefficient (Wildman–Crippen LogP) is 5.62. The number of fused-ring (bicyclic) bond motifs is 4. The number of nitrogens with zero attached hydrogens (tertiary/aromatic N) is 2. The minimum atomic E-state index is -3.94. The van der Waals surface area contributed by atoms with Crippen LogP contribution in [0.1, 0.15) is 32.3 Å². The monoisotopic (exact) mass is 605 g/mol. The van der Waals surface area contributed by atoms with Gasteiger partial charge in [0.15, 0.2) is 0 Å². The first-order chi connectivity index (χ1) is 18.8. The standard InChI is InChI=1S/C32H32N2O3SSe/c1-3-33-22-20-26(27-11-6-7-13-29(27)33)16-14-24(2)15-19-31-34(21-8-9-23-38(35,36)37)32-28-12-5-4-10-25(28)17-18-30(32)39-31/h4-7,10-20,22H,3,8-9,21,23H2,1-2H3/p+1. The van der Waals surface area contributed by atoms with Gasteiger partial charge in [0.2, 0.25) is 0 Å². The van der Waals surface area contributed by atoms with E-state index < -0.39 is 10.1 Å². The van der Waals surface area contributed by atoms with E-state index in [4.69, 9.17) is 4.55 Å². The van der Waals surface area contributed by atoms with Gasteiger partial charge in [-0.2, -0.15) is 0 Å². The number of pyridine rings is 1. The van der Waals surface area contributed by atoms with E-state index >= 15 is 0 Å². The Hall–Kier alpha value is -3.22. The molecule has 0 saturated heterocycles. The first kappa shape index (κ1) is 27.4. The number of benzene rings is 3. The summed E-state index contributed by atoms with van der Waals surface area (Å²) in [4.78, 5) is 2.35. The molecular formula is C32H33N2O3SSe+. The Labute approximate surface area is 237 Å². The number of hydrogen-bond donors (Lipinski definition) is 1. The molecule has 0 radical (unpaired) electrons. The summed E-state index contributed by atoms with van der Waals surface area (Å²) in [5.41, 5.74) is 4.81. The second-order valence-corrected chi connectivity index (χ2v) is 13.5. The SMILES string of the molecule is CC[n+]1ccc(C=CC(C)=CC=C2[Se]c3ccc4ccccc4c3N2CCCCS(=O)(=O)O)c2ccccc21. The maximum absolute atomic E-state index is 11.2. The van der Waals surface area contributed by atoms with Crippen molar-refractivity contribution in [1.82, 2.24) is 0 Å². The van der Waals surface area contributed by atoms with Gasteiger partial charge >= 0.3 is 238 Å². The van der Waals surface area contributed by atoms with Gasteiger partial charge in [-0.3, -0.25) is 0 Å². The Morgan fingerprint density at radius 3 is 2.56 bits per heavy atom. The molecule has 0 aliphatic carbocycles. The van der Waals surface area contributed by atoms with E-state index in [9.17, 15) is 8.42 Å².